The second kappa shape index (κ2) is 8.49. The van der Waals surface area contributed by atoms with Gasteiger partial charge >= 0.3 is 0 Å². The third-order valence-corrected chi connectivity index (χ3v) is 6.57. The smallest absolute Gasteiger partial charge is 0.245 e. The third-order valence-electron chi connectivity index (χ3n) is 6.57. The minimum absolute atomic E-state index is 0.130. The van der Waals surface area contributed by atoms with Gasteiger partial charge in [0, 0.05) is 42.7 Å². The van der Waals surface area contributed by atoms with Gasteiger partial charge in [0.25, 0.3) is 0 Å². The van der Waals surface area contributed by atoms with Crippen molar-refractivity contribution in [1.29, 1.82) is 0 Å². The van der Waals surface area contributed by atoms with Crippen LogP contribution in [0.15, 0.2) is 54.9 Å². The average molecular weight is 417 g/mol. The summed E-state index contributed by atoms with van der Waals surface area (Å²) in [6.45, 7) is 0.796. The molecule has 160 valence electrons. The molecule has 0 saturated heterocycles. The first kappa shape index (κ1) is 19.7. The molecule has 2 aromatic heterocycles. The van der Waals surface area contributed by atoms with E-state index in [1.54, 1.807) is 12.4 Å². The molecule has 7 heteroatoms. The molecule has 1 unspecified atom stereocenters. The molecule has 0 bridgehead atoms. The molecule has 1 amide bonds. The largest absolute Gasteiger partial charge is 0.371 e. The number of fused-ring (bicyclic) bond motifs is 1. The quantitative estimate of drug-likeness (QED) is 0.664. The van der Waals surface area contributed by atoms with Crippen molar-refractivity contribution < 1.29 is 4.79 Å². The Bertz CT molecular complexity index is 1030. The van der Waals surface area contributed by atoms with E-state index >= 15 is 0 Å². The van der Waals surface area contributed by atoms with Gasteiger partial charge in [0.2, 0.25) is 5.91 Å². The Morgan fingerprint density at radius 2 is 1.77 bits per heavy atom. The van der Waals surface area contributed by atoms with Crippen LogP contribution in [-0.2, 0) is 17.8 Å². The van der Waals surface area contributed by atoms with Crippen LogP contribution in [0.3, 0.4) is 0 Å². The number of benzene rings is 1. The van der Waals surface area contributed by atoms with Gasteiger partial charge in [-0.25, -0.2) is 0 Å². The highest BCUT2D eigenvalue weighted by molar-refractivity contribution is 5.90. The third kappa shape index (κ3) is 4.04. The monoisotopic (exact) mass is 416 g/mol. The van der Waals surface area contributed by atoms with Crippen molar-refractivity contribution in [2.45, 2.75) is 63.1 Å². The summed E-state index contributed by atoms with van der Waals surface area (Å²) in [6.07, 6.45) is 10.0. The zero-order valence-electron chi connectivity index (χ0n) is 17.6. The molecule has 2 N–H and O–H groups in total. The van der Waals surface area contributed by atoms with E-state index in [0.717, 1.165) is 74.4 Å². The summed E-state index contributed by atoms with van der Waals surface area (Å²) in [7, 11) is 0. The highest BCUT2D eigenvalue weighted by Gasteiger charge is 2.42. The van der Waals surface area contributed by atoms with Crippen molar-refractivity contribution in [3.8, 4) is 11.4 Å². The maximum Gasteiger partial charge on any atom is 0.245 e. The summed E-state index contributed by atoms with van der Waals surface area (Å²) in [5.74, 6) is 2.00. The highest BCUT2D eigenvalue weighted by Crippen LogP contribution is 2.34. The first-order valence-electron chi connectivity index (χ1n) is 11.2. The van der Waals surface area contributed by atoms with Crippen LogP contribution in [0, 0.1) is 0 Å². The van der Waals surface area contributed by atoms with E-state index in [1.165, 1.54) is 0 Å². The number of pyridine rings is 1. The van der Waals surface area contributed by atoms with Crippen molar-refractivity contribution in [3.05, 3.63) is 60.7 Å². The summed E-state index contributed by atoms with van der Waals surface area (Å²) in [6, 6.07) is 14.1. The van der Waals surface area contributed by atoms with Crippen LogP contribution >= 0.6 is 0 Å². The molecule has 5 rings (SSSR count). The average Bonchev–Trinajstić information content (AvgIpc) is 3.40. The van der Waals surface area contributed by atoms with Crippen LogP contribution in [-0.4, -0.2) is 37.2 Å². The molecule has 3 aromatic rings. The van der Waals surface area contributed by atoms with Gasteiger partial charge in [-0.3, -0.25) is 9.78 Å². The van der Waals surface area contributed by atoms with E-state index in [4.69, 9.17) is 0 Å². The summed E-state index contributed by atoms with van der Waals surface area (Å²) < 4.78 is 2.19. The van der Waals surface area contributed by atoms with E-state index in [0.29, 0.717) is 0 Å². The van der Waals surface area contributed by atoms with E-state index in [9.17, 15) is 4.79 Å². The van der Waals surface area contributed by atoms with Crippen molar-refractivity contribution in [2.24, 2.45) is 0 Å². The Balaban J connectivity index is 1.28. The number of amides is 1. The molecular formula is C24H28N6O. The molecular weight excluding hydrogens is 388 g/mol. The number of carbonyl (C=O) groups is 1. The minimum Gasteiger partial charge on any atom is -0.371 e. The summed E-state index contributed by atoms with van der Waals surface area (Å²) in [5.41, 5.74) is 1.52. The summed E-state index contributed by atoms with van der Waals surface area (Å²) >= 11 is 0. The van der Waals surface area contributed by atoms with E-state index < -0.39 is 5.54 Å². The lowest BCUT2D eigenvalue weighted by atomic mass is 9.94. The predicted octanol–water partition coefficient (Wildman–Crippen LogP) is 3.59. The van der Waals surface area contributed by atoms with Crippen molar-refractivity contribution in [2.75, 3.05) is 5.32 Å². The number of rotatable bonds is 5. The lowest BCUT2D eigenvalue weighted by Crippen LogP contribution is -2.53. The number of aromatic nitrogens is 4. The van der Waals surface area contributed by atoms with Crippen LogP contribution < -0.4 is 10.6 Å². The van der Waals surface area contributed by atoms with Crippen LogP contribution in [0.25, 0.3) is 11.4 Å². The molecule has 3 heterocycles. The fourth-order valence-electron chi connectivity index (χ4n) is 4.86. The Hall–Kier alpha value is -3.22. The number of hydrogen-bond donors (Lipinski definition) is 2. The fraction of sp³-hybridized carbons (Fsp3) is 0.417. The number of aryl methyl sites for hydroxylation is 1. The standard InChI is InChI=1S/C24H28N6O/c31-23(24(13-4-5-14-24)27-20-6-2-1-3-7-20)26-19-8-9-21-28-29-22(30(21)17-12-19)18-10-15-25-16-11-18/h1-3,6-7,10-11,15-16,19,27H,4-5,8-9,12-14,17H2,(H,26,31). The molecule has 1 fully saturated rings. The molecule has 1 saturated carbocycles. The Kier molecular flexibility index (Phi) is 5.40. The van der Waals surface area contributed by atoms with Gasteiger partial charge in [0.05, 0.1) is 0 Å². The van der Waals surface area contributed by atoms with Crippen molar-refractivity contribution >= 4 is 11.6 Å². The molecule has 0 radical (unpaired) electrons. The number of para-hydroxylation sites is 1. The van der Waals surface area contributed by atoms with Gasteiger partial charge in [0.1, 0.15) is 11.4 Å². The maximum absolute atomic E-state index is 13.4. The topological polar surface area (TPSA) is 84.7 Å². The zero-order chi connectivity index (χ0) is 21.1. The van der Waals surface area contributed by atoms with Crippen LogP contribution in [0.5, 0.6) is 0 Å². The summed E-state index contributed by atoms with van der Waals surface area (Å²) in [5, 5.41) is 15.8. The first-order chi connectivity index (χ1) is 15.2. The van der Waals surface area contributed by atoms with E-state index in [-0.39, 0.29) is 11.9 Å². The van der Waals surface area contributed by atoms with Gasteiger partial charge in [-0.1, -0.05) is 31.0 Å². The lowest BCUT2D eigenvalue weighted by Gasteiger charge is -2.32. The molecule has 0 spiro atoms. The molecule has 7 nitrogen and oxygen atoms in total. The molecule has 2 aliphatic rings. The van der Waals surface area contributed by atoms with Crippen LogP contribution in [0.4, 0.5) is 5.69 Å². The SMILES string of the molecule is O=C(NC1CCc2nnc(-c3ccncc3)n2CC1)C1(Nc2ccccc2)CCCC1. The van der Waals surface area contributed by atoms with Gasteiger partial charge in [-0.15, -0.1) is 10.2 Å². The van der Waals surface area contributed by atoms with Gasteiger partial charge in [-0.05, 0) is 49.9 Å². The minimum atomic E-state index is -0.509. The number of hydrogen-bond acceptors (Lipinski definition) is 5. The molecule has 31 heavy (non-hydrogen) atoms. The molecule has 1 aromatic carbocycles. The van der Waals surface area contributed by atoms with Crippen molar-refractivity contribution in [3.63, 3.8) is 0 Å². The fourth-order valence-corrected chi connectivity index (χ4v) is 4.86. The number of carbonyl (C=O) groups excluding carboxylic acids is 1. The number of nitrogens with one attached hydrogen (secondary N) is 2. The van der Waals surface area contributed by atoms with Gasteiger partial charge < -0.3 is 15.2 Å². The molecule has 1 atom stereocenters. The number of nitrogens with zero attached hydrogens (tertiary/aromatic N) is 4. The Morgan fingerprint density at radius 1 is 1.00 bits per heavy atom. The van der Waals surface area contributed by atoms with Gasteiger partial charge in [0.15, 0.2) is 5.82 Å². The normalized spacial score (nSPS) is 19.9. The Morgan fingerprint density at radius 3 is 2.55 bits per heavy atom. The second-order valence-corrected chi connectivity index (χ2v) is 8.61. The second-order valence-electron chi connectivity index (χ2n) is 8.61. The highest BCUT2D eigenvalue weighted by atomic mass is 16.2. The van der Waals surface area contributed by atoms with Crippen molar-refractivity contribution in [1.82, 2.24) is 25.1 Å². The zero-order valence-corrected chi connectivity index (χ0v) is 17.6. The van der Waals surface area contributed by atoms with E-state index in [2.05, 4.69) is 30.4 Å². The lowest BCUT2D eigenvalue weighted by molar-refractivity contribution is -0.126. The van der Waals surface area contributed by atoms with Crippen LogP contribution in [0.1, 0.15) is 44.3 Å². The molecule has 1 aliphatic heterocycles. The van der Waals surface area contributed by atoms with Crippen LogP contribution in [0.2, 0.25) is 0 Å². The number of anilines is 1. The Labute approximate surface area is 182 Å². The van der Waals surface area contributed by atoms with Gasteiger partial charge in [-0.2, -0.15) is 0 Å². The summed E-state index contributed by atoms with van der Waals surface area (Å²) in [4.78, 5) is 17.5. The molecule has 1 aliphatic carbocycles. The maximum atomic E-state index is 13.4. The predicted molar refractivity (Wildman–Crippen MR) is 119 cm³/mol. The van der Waals surface area contributed by atoms with E-state index in [1.807, 2.05) is 42.5 Å². The first-order valence-corrected chi connectivity index (χ1v) is 11.2.